The first-order chi connectivity index (χ1) is 31.5. The Labute approximate surface area is 375 Å². The number of anilines is 3. The summed E-state index contributed by atoms with van der Waals surface area (Å²) in [5, 5.41) is 24.5. The molecule has 1 unspecified atom stereocenters. The number of aromatic nitrogens is 12. The second kappa shape index (κ2) is 25.3. The van der Waals surface area contributed by atoms with E-state index in [0.29, 0.717) is 70.7 Å². The third-order valence-corrected chi connectivity index (χ3v) is 12.4. The summed E-state index contributed by atoms with van der Waals surface area (Å²) in [7, 11) is -0.976. The van der Waals surface area contributed by atoms with Gasteiger partial charge in [-0.15, -0.1) is 11.8 Å². The summed E-state index contributed by atoms with van der Waals surface area (Å²) in [4.78, 5) is 70.8. The van der Waals surface area contributed by atoms with Gasteiger partial charge in [-0.3, -0.25) is 19.6 Å². The van der Waals surface area contributed by atoms with Crippen molar-refractivity contribution in [2.24, 2.45) is 5.92 Å². The van der Waals surface area contributed by atoms with Crippen molar-refractivity contribution in [3.8, 4) is 0 Å². The number of carbonyl (C=O) groups is 2. The smallest absolute Gasteiger partial charge is 0.325 e. The molecule has 29 heteroatoms. The molecule has 356 valence electrons. The molecule has 1 saturated carbocycles. The van der Waals surface area contributed by atoms with Crippen LogP contribution in [-0.4, -0.2) is 151 Å². The topological polar surface area (TPSA) is 387 Å². The highest BCUT2D eigenvalue weighted by atomic mass is 32.2. The first-order valence-corrected chi connectivity index (χ1v) is 22.6. The number of ether oxygens (including phenoxy) is 2. The Morgan fingerprint density at radius 1 is 0.723 bits per heavy atom. The number of rotatable bonds is 11. The summed E-state index contributed by atoms with van der Waals surface area (Å²) in [6, 6.07) is 0.337. The average Bonchev–Trinajstić information content (AvgIpc) is 4.18. The van der Waals surface area contributed by atoms with E-state index < -0.39 is 13.8 Å². The maximum Gasteiger partial charge on any atom is 0.325 e. The van der Waals surface area contributed by atoms with Gasteiger partial charge in [0.2, 0.25) is 0 Å². The minimum Gasteiger partial charge on any atom is -0.400 e. The van der Waals surface area contributed by atoms with Crippen LogP contribution >= 0.6 is 19.4 Å². The third kappa shape index (κ3) is 13.1. The fourth-order valence-electron chi connectivity index (χ4n) is 7.43. The molecular formula is C36H54N15O12PS. The maximum atomic E-state index is 11.2. The lowest BCUT2D eigenvalue weighted by atomic mass is 10.1. The maximum absolute atomic E-state index is 11.2. The highest BCUT2D eigenvalue weighted by molar-refractivity contribution is 8.00. The number of nitrogen functional groups attached to an aromatic ring is 3. The van der Waals surface area contributed by atoms with E-state index in [9.17, 15) is 9.46 Å². The molecule has 1 aliphatic carbocycles. The van der Waals surface area contributed by atoms with Gasteiger partial charge in [-0.2, -0.15) is 0 Å². The first kappa shape index (κ1) is 52.2. The largest absolute Gasteiger partial charge is 0.400 e. The van der Waals surface area contributed by atoms with Crippen molar-refractivity contribution in [1.82, 2.24) is 58.6 Å². The Kier molecular flexibility index (Phi) is 20.4. The number of fused-ring (bicyclic) bond motifs is 3. The molecule has 3 fully saturated rings. The number of imidazole rings is 3. The molecule has 3 aliphatic rings. The van der Waals surface area contributed by atoms with Gasteiger partial charge in [-0.25, -0.2) is 54.6 Å². The van der Waals surface area contributed by atoms with Gasteiger partial charge < -0.3 is 59.9 Å². The third-order valence-electron chi connectivity index (χ3n) is 10.3. The Hall–Kier alpha value is -5.39. The van der Waals surface area contributed by atoms with Crippen LogP contribution in [0.3, 0.4) is 0 Å². The molecule has 2 saturated heterocycles. The predicted octanol–water partition coefficient (Wildman–Crippen LogP) is 2.31. The Balaban J connectivity index is 0.000000203. The first-order valence-electron chi connectivity index (χ1n) is 19.6. The summed E-state index contributed by atoms with van der Waals surface area (Å²) in [5.41, 5.74) is 21.1. The highest BCUT2D eigenvalue weighted by Gasteiger charge is 2.38. The van der Waals surface area contributed by atoms with Crippen LogP contribution < -0.4 is 17.2 Å². The van der Waals surface area contributed by atoms with Crippen LogP contribution in [0.15, 0.2) is 38.0 Å². The lowest BCUT2D eigenvalue weighted by Gasteiger charge is -2.19. The van der Waals surface area contributed by atoms with Gasteiger partial charge in [0, 0.05) is 38.6 Å². The quantitative estimate of drug-likeness (QED) is 0.0556. The molecule has 9 rings (SSSR count). The second-order valence-corrected chi connectivity index (χ2v) is 17.6. The second-order valence-electron chi connectivity index (χ2n) is 14.2. The molecular weight excluding hydrogens is 898 g/mol. The van der Waals surface area contributed by atoms with Crippen LogP contribution in [0, 0.1) is 5.92 Å². The standard InChI is InChI=1S/C12H18N5O5P.C11H15N5O2.C10H13N5O2S.CH4O.2CH2O/c1-20-8-3-7(4-21-23(2,18)19)22-12(8)17-6-16-9-10(13)14-5-15-11(9)17;12-10-9-11(14-5-13-10)16(6-15-9)8-2-1-7(3-8)4-18-17;11-9-8-10(13-4-12-9)15(5-14-8)7-2-1-6(18-7)3-17-16;3*1-2/h5-8,12H,3-4H2,1-2H3,(H,18,19)(H2,13,14,15);5-8,17H,1-4H2,(H2,12,13,14);4-7,16H,1-3H2,(H2,11,12,13);2H,1H3;2*1H2/t7-,8+,12+;7-,8+;6-,7+;;;/m010.../s1. The molecule has 27 nitrogen and oxygen atoms in total. The minimum atomic E-state index is -3.55. The zero-order chi connectivity index (χ0) is 47.7. The van der Waals surface area contributed by atoms with Crippen LogP contribution in [0.1, 0.15) is 56.2 Å². The van der Waals surface area contributed by atoms with Crippen molar-refractivity contribution in [2.75, 3.05) is 57.9 Å². The lowest BCUT2D eigenvalue weighted by molar-refractivity contribution is -0.250. The van der Waals surface area contributed by atoms with Gasteiger partial charge in [0.1, 0.15) is 55.2 Å². The Morgan fingerprint density at radius 2 is 1.23 bits per heavy atom. The van der Waals surface area contributed by atoms with Crippen LogP contribution in [0.2, 0.25) is 0 Å². The monoisotopic (exact) mass is 951 g/mol. The van der Waals surface area contributed by atoms with Crippen LogP contribution in [0.4, 0.5) is 17.5 Å². The fourth-order valence-corrected chi connectivity index (χ4v) is 9.29. The van der Waals surface area contributed by atoms with E-state index in [1.165, 1.54) is 19.0 Å². The molecule has 0 amide bonds. The van der Waals surface area contributed by atoms with Gasteiger partial charge >= 0.3 is 7.60 Å². The van der Waals surface area contributed by atoms with Crippen LogP contribution in [-0.2, 0) is 37.9 Å². The summed E-state index contributed by atoms with van der Waals surface area (Å²) < 4.78 is 33.3. The number of carbonyl (C=O) groups excluding carboxylic acids is 2. The van der Waals surface area contributed by atoms with Gasteiger partial charge in [0.25, 0.3) is 0 Å². The van der Waals surface area contributed by atoms with Crippen molar-refractivity contribution >= 4 is 83.9 Å². The molecule has 8 heterocycles. The van der Waals surface area contributed by atoms with E-state index in [1.807, 2.05) is 22.7 Å². The van der Waals surface area contributed by atoms with Crippen molar-refractivity contribution in [1.29, 1.82) is 0 Å². The van der Waals surface area contributed by atoms with E-state index in [0.717, 1.165) is 57.2 Å². The van der Waals surface area contributed by atoms with Crippen molar-refractivity contribution < 1.29 is 58.4 Å². The molecule has 0 spiro atoms. The van der Waals surface area contributed by atoms with Gasteiger partial charge in [0.15, 0.2) is 40.6 Å². The van der Waals surface area contributed by atoms with Gasteiger partial charge in [0.05, 0.1) is 50.3 Å². The zero-order valence-corrected chi connectivity index (χ0v) is 37.5. The zero-order valence-electron chi connectivity index (χ0n) is 35.8. The minimum absolute atomic E-state index is 0.00436. The number of methoxy groups -OCH3 is 1. The number of aliphatic hydroxyl groups excluding tert-OH is 1. The number of nitrogens with two attached hydrogens (primary N) is 3. The molecule has 0 bridgehead atoms. The van der Waals surface area contributed by atoms with E-state index >= 15 is 0 Å². The number of nitrogens with zero attached hydrogens (tertiary/aromatic N) is 12. The summed E-state index contributed by atoms with van der Waals surface area (Å²) in [5.74, 6) is 1.48. The molecule has 0 aromatic carbocycles. The van der Waals surface area contributed by atoms with Crippen molar-refractivity contribution in [3.05, 3.63) is 38.0 Å². The fraction of sp³-hybridized carbons (Fsp3) is 0.528. The molecule has 6 aromatic heterocycles. The molecule has 8 atom stereocenters. The number of aliphatic hydroxyl groups is 1. The van der Waals surface area contributed by atoms with Crippen LogP contribution in [0.25, 0.3) is 33.5 Å². The summed E-state index contributed by atoms with van der Waals surface area (Å²) >= 11 is 1.75. The summed E-state index contributed by atoms with van der Waals surface area (Å²) in [6.45, 7) is 5.88. The van der Waals surface area contributed by atoms with Crippen molar-refractivity contribution in [3.63, 3.8) is 0 Å². The van der Waals surface area contributed by atoms with Crippen molar-refractivity contribution in [2.45, 2.75) is 73.6 Å². The molecule has 0 radical (unpaired) electrons. The molecule has 6 aromatic rings. The van der Waals surface area contributed by atoms with E-state index in [4.69, 9.17) is 56.4 Å². The predicted molar refractivity (Wildman–Crippen MR) is 236 cm³/mol. The van der Waals surface area contributed by atoms with E-state index in [1.54, 1.807) is 42.4 Å². The molecule has 65 heavy (non-hydrogen) atoms. The van der Waals surface area contributed by atoms with E-state index in [-0.39, 0.29) is 30.0 Å². The number of thioether (sulfide) groups is 1. The SMILES string of the molecule is C=O.C=O.CO.CO[C@@H]1C[C@@H](COP(C)(=O)O)O[C@H]1n1cnc2c(N)ncnc21.Nc1ncnc2c1ncn2[C@H]1CC[C@@H](COO)C1.Nc1ncnc2c1ncn2[C@H]1CC[C@@H](COO)S1. The summed E-state index contributed by atoms with van der Waals surface area (Å²) in [6.07, 6.45) is 13.7. The number of hydrogen-bond donors (Lipinski definition) is 7. The average molecular weight is 952 g/mol. The number of hydrogen-bond acceptors (Lipinski definition) is 24. The normalized spacial score (nSPS) is 23.1. The highest BCUT2D eigenvalue weighted by Crippen LogP contribution is 2.43. The molecule has 10 N–H and O–H groups in total. The Bertz CT molecular complexity index is 2320. The Morgan fingerprint density at radius 3 is 1.75 bits per heavy atom. The van der Waals surface area contributed by atoms with Crippen LogP contribution in [0.5, 0.6) is 0 Å². The molecule has 2 aliphatic heterocycles. The lowest BCUT2D eigenvalue weighted by Crippen LogP contribution is -2.21. The van der Waals surface area contributed by atoms with Gasteiger partial charge in [-0.1, -0.05) is 0 Å². The van der Waals surface area contributed by atoms with Gasteiger partial charge in [-0.05, 0) is 38.0 Å². The van der Waals surface area contributed by atoms with E-state index in [2.05, 4.69) is 54.6 Å².